The Labute approximate surface area is 35.9 Å². The van der Waals surface area contributed by atoms with E-state index in [0.717, 1.165) is 0 Å². The van der Waals surface area contributed by atoms with E-state index in [4.69, 9.17) is 5.84 Å². The Balaban J connectivity index is 2.38. The predicted octanol–water partition coefficient (Wildman–Crippen LogP) is -0.379. The van der Waals surface area contributed by atoms with Crippen LogP contribution in [0.3, 0.4) is 0 Å². The second-order valence-electron chi connectivity index (χ2n) is 1.04. The molecule has 0 fully saturated rings. The van der Waals surface area contributed by atoms with Crippen molar-refractivity contribution in [1.29, 1.82) is 0 Å². The maximum atomic E-state index is 5.06. The van der Waals surface area contributed by atoms with E-state index >= 15 is 0 Å². The number of nitrogens with zero attached hydrogens (tertiary/aromatic N) is 1. The number of hydroxylamine groups is 1. The Hall–Kier alpha value is -0.540. The van der Waals surface area contributed by atoms with E-state index < -0.39 is 0 Å². The molecule has 34 valence electrons. The molecule has 0 aromatic rings. The Morgan fingerprint density at radius 2 is 2.67 bits per heavy atom. The van der Waals surface area contributed by atoms with Crippen LogP contribution in [0.2, 0.25) is 0 Å². The van der Waals surface area contributed by atoms with Gasteiger partial charge >= 0.3 is 0 Å². The first-order chi connectivity index (χ1) is 2.89. The lowest BCUT2D eigenvalue weighted by Gasteiger charge is -2.01. The van der Waals surface area contributed by atoms with Crippen molar-refractivity contribution in [2.75, 3.05) is 6.61 Å². The van der Waals surface area contributed by atoms with Gasteiger partial charge in [-0.25, -0.2) is 5.84 Å². The van der Waals surface area contributed by atoms with Gasteiger partial charge in [0.1, 0.15) is 0 Å². The zero-order valence-corrected chi connectivity index (χ0v) is 3.29. The van der Waals surface area contributed by atoms with E-state index in [-0.39, 0.29) is 0 Å². The zero-order chi connectivity index (χ0) is 4.41. The van der Waals surface area contributed by atoms with Crippen molar-refractivity contribution in [2.45, 2.75) is 0 Å². The van der Waals surface area contributed by atoms with Crippen molar-refractivity contribution in [1.82, 2.24) is 5.17 Å². The van der Waals surface area contributed by atoms with E-state index in [9.17, 15) is 0 Å². The largest absolute Gasteiger partial charge is 0.254 e. The highest BCUT2D eigenvalue weighted by Crippen LogP contribution is 1.90. The van der Waals surface area contributed by atoms with Crippen LogP contribution in [0.5, 0.6) is 0 Å². The van der Waals surface area contributed by atoms with E-state index in [1.807, 2.05) is 6.08 Å². The molecule has 1 rings (SSSR count). The summed E-state index contributed by atoms with van der Waals surface area (Å²) in [5.41, 5.74) is 0. The van der Waals surface area contributed by atoms with E-state index in [1.165, 1.54) is 5.17 Å². The molecule has 0 aromatic heterocycles. The number of hydrogen-bond donors (Lipinski definition) is 1. The quantitative estimate of drug-likeness (QED) is 0.408. The Morgan fingerprint density at radius 3 is 2.83 bits per heavy atom. The van der Waals surface area contributed by atoms with Crippen LogP contribution in [-0.2, 0) is 4.84 Å². The molecule has 0 amide bonds. The van der Waals surface area contributed by atoms with E-state index in [1.54, 1.807) is 6.20 Å². The lowest BCUT2D eigenvalue weighted by atomic mass is 10.7. The van der Waals surface area contributed by atoms with Crippen LogP contribution in [0, 0.1) is 0 Å². The van der Waals surface area contributed by atoms with Crippen LogP contribution in [0.1, 0.15) is 0 Å². The van der Waals surface area contributed by atoms with Gasteiger partial charge in [0.05, 0.1) is 6.61 Å². The molecule has 0 atom stereocenters. The van der Waals surface area contributed by atoms with Crippen molar-refractivity contribution < 1.29 is 4.84 Å². The Morgan fingerprint density at radius 1 is 1.83 bits per heavy atom. The molecule has 6 heavy (non-hydrogen) atoms. The molecular weight excluding hydrogens is 80.0 g/mol. The standard InChI is InChI=1S/C3H6N2O/c4-5-2-1-3-6-5/h1-2H,3-4H2. The average molecular weight is 86.1 g/mol. The van der Waals surface area contributed by atoms with Crippen molar-refractivity contribution in [3.63, 3.8) is 0 Å². The van der Waals surface area contributed by atoms with Gasteiger partial charge in [0.2, 0.25) is 0 Å². The molecular formula is C3H6N2O. The van der Waals surface area contributed by atoms with Gasteiger partial charge in [0.25, 0.3) is 0 Å². The normalized spacial score (nSPS) is 19.8. The molecule has 0 aromatic carbocycles. The summed E-state index contributed by atoms with van der Waals surface area (Å²) < 4.78 is 0. The minimum absolute atomic E-state index is 0.608. The topological polar surface area (TPSA) is 38.5 Å². The predicted molar refractivity (Wildman–Crippen MR) is 21.1 cm³/mol. The molecule has 0 radical (unpaired) electrons. The van der Waals surface area contributed by atoms with Crippen molar-refractivity contribution in [3.8, 4) is 0 Å². The van der Waals surface area contributed by atoms with E-state index in [2.05, 4.69) is 4.84 Å². The summed E-state index contributed by atoms with van der Waals surface area (Å²) in [6.07, 6.45) is 3.50. The second-order valence-corrected chi connectivity index (χ2v) is 1.04. The summed E-state index contributed by atoms with van der Waals surface area (Å²) in [5.74, 6) is 5.06. The zero-order valence-electron chi connectivity index (χ0n) is 3.29. The molecule has 0 saturated heterocycles. The summed E-state index contributed by atoms with van der Waals surface area (Å²) in [5, 5.41) is 1.18. The average Bonchev–Trinajstić information content (AvgIpc) is 1.86. The maximum absolute atomic E-state index is 5.06. The van der Waals surface area contributed by atoms with Crippen LogP contribution in [0.15, 0.2) is 12.3 Å². The fraction of sp³-hybridized carbons (Fsp3) is 0.333. The van der Waals surface area contributed by atoms with Crippen LogP contribution >= 0.6 is 0 Å². The highest BCUT2D eigenvalue weighted by molar-refractivity contribution is 4.80. The molecule has 2 N–H and O–H groups in total. The van der Waals surface area contributed by atoms with Gasteiger partial charge in [0.15, 0.2) is 0 Å². The van der Waals surface area contributed by atoms with Gasteiger partial charge in [-0.3, -0.25) is 4.84 Å². The summed E-state index contributed by atoms with van der Waals surface area (Å²) in [6, 6.07) is 0. The van der Waals surface area contributed by atoms with Crippen LogP contribution < -0.4 is 5.84 Å². The molecule has 0 saturated carbocycles. The van der Waals surface area contributed by atoms with Crippen molar-refractivity contribution in [2.24, 2.45) is 5.84 Å². The smallest absolute Gasteiger partial charge is 0.0965 e. The minimum Gasteiger partial charge on any atom is -0.254 e. The lowest BCUT2D eigenvalue weighted by molar-refractivity contribution is -0.0914. The summed E-state index contributed by atoms with van der Waals surface area (Å²) in [4.78, 5) is 4.65. The highest BCUT2D eigenvalue weighted by atomic mass is 16.7. The van der Waals surface area contributed by atoms with Crippen LogP contribution in [0.25, 0.3) is 0 Å². The SMILES string of the molecule is NN1C=CCO1. The fourth-order valence-corrected chi connectivity index (χ4v) is 0.319. The molecule has 0 aliphatic carbocycles. The third kappa shape index (κ3) is 0.502. The third-order valence-electron chi connectivity index (χ3n) is 0.572. The molecule has 3 heteroatoms. The van der Waals surface area contributed by atoms with Crippen LogP contribution in [0.4, 0.5) is 0 Å². The monoisotopic (exact) mass is 86.0 g/mol. The molecule has 0 spiro atoms. The Bertz CT molecular complexity index is 71.2. The number of nitrogens with two attached hydrogens (primary N) is 1. The highest BCUT2D eigenvalue weighted by Gasteiger charge is 1.93. The van der Waals surface area contributed by atoms with Crippen molar-refractivity contribution >= 4 is 0 Å². The van der Waals surface area contributed by atoms with Gasteiger partial charge in [-0.2, -0.15) is 5.17 Å². The first-order valence-electron chi connectivity index (χ1n) is 1.73. The number of hydrazine groups is 1. The molecule has 0 unspecified atom stereocenters. The van der Waals surface area contributed by atoms with Gasteiger partial charge in [0, 0.05) is 6.20 Å². The fourth-order valence-electron chi connectivity index (χ4n) is 0.319. The van der Waals surface area contributed by atoms with Crippen LogP contribution in [-0.4, -0.2) is 11.8 Å². The molecule has 1 aliphatic heterocycles. The van der Waals surface area contributed by atoms with Gasteiger partial charge in [-0.1, -0.05) is 0 Å². The molecule has 1 heterocycles. The van der Waals surface area contributed by atoms with E-state index in [0.29, 0.717) is 6.61 Å². The minimum atomic E-state index is 0.608. The first kappa shape index (κ1) is 3.64. The third-order valence-corrected chi connectivity index (χ3v) is 0.572. The molecule has 3 nitrogen and oxygen atoms in total. The second kappa shape index (κ2) is 1.28. The summed E-state index contributed by atoms with van der Waals surface area (Å²) in [7, 11) is 0. The first-order valence-corrected chi connectivity index (χ1v) is 1.73. The van der Waals surface area contributed by atoms with Crippen molar-refractivity contribution in [3.05, 3.63) is 12.3 Å². The van der Waals surface area contributed by atoms with Gasteiger partial charge in [-0.05, 0) is 6.08 Å². The summed E-state index contributed by atoms with van der Waals surface area (Å²) in [6.45, 7) is 0.608. The number of hydrogen-bond acceptors (Lipinski definition) is 3. The number of rotatable bonds is 0. The molecule has 1 aliphatic rings. The Kier molecular flexibility index (Phi) is 0.777. The molecule has 0 bridgehead atoms. The lowest BCUT2D eigenvalue weighted by Crippen LogP contribution is -2.20. The van der Waals surface area contributed by atoms with Gasteiger partial charge < -0.3 is 0 Å². The van der Waals surface area contributed by atoms with Gasteiger partial charge in [-0.15, -0.1) is 0 Å². The maximum Gasteiger partial charge on any atom is 0.0965 e. The summed E-state index contributed by atoms with van der Waals surface area (Å²) >= 11 is 0.